The molecule has 1 aromatic carbocycles. The van der Waals surface area contributed by atoms with Crippen LogP contribution in [0.3, 0.4) is 0 Å². The summed E-state index contributed by atoms with van der Waals surface area (Å²) in [5.41, 5.74) is 1.40. The molecule has 0 atom stereocenters. The minimum atomic E-state index is -0.445. The van der Waals surface area contributed by atoms with Crippen molar-refractivity contribution in [1.82, 2.24) is 10.3 Å². The van der Waals surface area contributed by atoms with E-state index < -0.39 is 4.92 Å². The molecule has 0 spiro atoms. The first-order valence-corrected chi connectivity index (χ1v) is 6.57. The minimum Gasteiger partial charge on any atom is -0.352 e. The summed E-state index contributed by atoms with van der Waals surface area (Å²) in [6.07, 6.45) is 1.99. The molecule has 0 saturated heterocycles. The van der Waals surface area contributed by atoms with E-state index in [9.17, 15) is 14.9 Å². The number of hydrogen-bond donors (Lipinski definition) is 1. The SMILES string of the molecule is O=C(NCCc1ccc([N+](=O)[O-])cc1)c1ccc(Cl)nc1. The Kier molecular flexibility index (Phi) is 4.84. The molecule has 1 heterocycles. The van der Waals surface area contributed by atoms with Gasteiger partial charge in [0.15, 0.2) is 0 Å². The van der Waals surface area contributed by atoms with Gasteiger partial charge >= 0.3 is 0 Å². The molecule has 1 N–H and O–H groups in total. The number of nitro benzene ring substituents is 1. The third kappa shape index (κ3) is 4.25. The summed E-state index contributed by atoms with van der Waals surface area (Å²) < 4.78 is 0. The fourth-order valence-corrected chi connectivity index (χ4v) is 1.83. The van der Waals surface area contributed by atoms with Crippen molar-refractivity contribution in [1.29, 1.82) is 0 Å². The Morgan fingerprint density at radius 1 is 1.24 bits per heavy atom. The lowest BCUT2D eigenvalue weighted by Gasteiger charge is -2.05. The highest BCUT2D eigenvalue weighted by atomic mass is 35.5. The van der Waals surface area contributed by atoms with Gasteiger partial charge in [-0.3, -0.25) is 14.9 Å². The third-order valence-electron chi connectivity index (χ3n) is 2.84. The van der Waals surface area contributed by atoms with Gasteiger partial charge in [-0.1, -0.05) is 23.7 Å². The van der Waals surface area contributed by atoms with Gasteiger partial charge in [0.2, 0.25) is 0 Å². The van der Waals surface area contributed by atoms with Crippen LogP contribution in [0.5, 0.6) is 0 Å². The van der Waals surface area contributed by atoms with Crippen molar-refractivity contribution in [2.45, 2.75) is 6.42 Å². The first-order chi connectivity index (χ1) is 10.1. The molecule has 2 rings (SSSR count). The van der Waals surface area contributed by atoms with E-state index in [0.29, 0.717) is 23.7 Å². The number of carbonyl (C=O) groups is 1. The normalized spacial score (nSPS) is 10.1. The van der Waals surface area contributed by atoms with Crippen LogP contribution in [0.15, 0.2) is 42.6 Å². The number of carbonyl (C=O) groups excluding carboxylic acids is 1. The van der Waals surface area contributed by atoms with E-state index in [0.717, 1.165) is 5.56 Å². The van der Waals surface area contributed by atoms with Gasteiger partial charge in [0.1, 0.15) is 5.15 Å². The number of nitrogens with zero attached hydrogens (tertiary/aromatic N) is 2. The van der Waals surface area contributed by atoms with E-state index in [1.54, 1.807) is 24.3 Å². The lowest BCUT2D eigenvalue weighted by atomic mass is 10.1. The number of amides is 1. The van der Waals surface area contributed by atoms with Gasteiger partial charge in [-0.15, -0.1) is 0 Å². The van der Waals surface area contributed by atoms with Gasteiger partial charge in [0.25, 0.3) is 11.6 Å². The second-order valence-electron chi connectivity index (χ2n) is 4.30. The Bertz CT molecular complexity index is 642. The molecule has 1 aromatic heterocycles. The average molecular weight is 306 g/mol. The fourth-order valence-electron chi connectivity index (χ4n) is 1.72. The van der Waals surface area contributed by atoms with E-state index in [1.165, 1.54) is 18.3 Å². The fraction of sp³-hybridized carbons (Fsp3) is 0.143. The Morgan fingerprint density at radius 2 is 1.95 bits per heavy atom. The smallest absolute Gasteiger partial charge is 0.269 e. The van der Waals surface area contributed by atoms with Crippen molar-refractivity contribution in [2.75, 3.05) is 6.54 Å². The molecular weight excluding hydrogens is 294 g/mol. The second kappa shape index (κ2) is 6.81. The highest BCUT2D eigenvalue weighted by Crippen LogP contribution is 2.12. The van der Waals surface area contributed by atoms with Gasteiger partial charge in [-0.05, 0) is 24.1 Å². The maximum atomic E-state index is 11.8. The molecule has 21 heavy (non-hydrogen) atoms. The molecule has 1 amide bonds. The number of aromatic nitrogens is 1. The number of benzene rings is 1. The van der Waals surface area contributed by atoms with Gasteiger partial charge < -0.3 is 5.32 Å². The van der Waals surface area contributed by atoms with Crippen LogP contribution >= 0.6 is 11.6 Å². The summed E-state index contributed by atoms with van der Waals surface area (Å²) in [5.74, 6) is -0.235. The van der Waals surface area contributed by atoms with Crippen LogP contribution < -0.4 is 5.32 Å². The van der Waals surface area contributed by atoms with E-state index in [-0.39, 0.29) is 11.6 Å². The van der Waals surface area contributed by atoms with Gasteiger partial charge in [0, 0.05) is 24.9 Å². The van der Waals surface area contributed by atoms with Crippen LogP contribution in [0.1, 0.15) is 15.9 Å². The van der Waals surface area contributed by atoms with Gasteiger partial charge in [-0.2, -0.15) is 0 Å². The van der Waals surface area contributed by atoms with Crippen molar-refractivity contribution >= 4 is 23.2 Å². The molecule has 2 aromatic rings. The molecule has 0 bridgehead atoms. The monoisotopic (exact) mass is 305 g/mol. The Balaban J connectivity index is 1.85. The van der Waals surface area contributed by atoms with E-state index in [4.69, 9.17) is 11.6 Å². The lowest BCUT2D eigenvalue weighted by Crippen LogP contribution is -2.25. The lowest BCUT2D eigenvalue weighted by molar-refractivity contribution is -0.384. The van der Waals surface area contributed by atoms with Crippen molar-refractivity contribution in [2.24, 2.45) is 0 Å². The average Bonchev–Trinajstić information content (AvgIpc) is 2.48. The molecule has 0 radical (unpaired) electrons. The molecule has 0 saturated carbocycles. The van der Waals surface area contributed by atoms with Crippen molar-refractivity contribution in [3.05, 3.63) is 69.0 Å². The predicted molar refractivity (Wildman–Crippen MR) is 78.4 cm³/mol. The minimum absolute atomic E-state index is 0.0509. The molecule has 0 aliphatic heterocycles. The molecule has 6 nitrogen and oxygen atoms in total. The molecule has 108 valence electrons. The Hall–Kier alpha value is -2.47. The van der Waals surface area contributed by atoms with Crippen LogP contribution in [0.2, 0.25) is 5.15 Å². The molecule has 0 aliphatic carbocycles. The zero-order valence-electron chi connectivity index (χ0n) is 11.0. The van der Waals surface area contributed by atoms with E-state index in [2.05, 4.69) is 10.3 Å². The van der Waals surface area contributed by atoms with Crippen LogP contribution in [-0.2, 0) is 6.42 Å². The Labute approximate surface area is 125 Å². The summed E-state index contributed by atoms with van der Waals surface area (Å²) in [6, 6.07) is 9.38. The zero-order chi connectivity index (χ0) is 15.2. The topological polar surface area (TPSA) is 85.1 Å². The number of non-ortho nitro benzene ring substituents is 1. The quantitative estimate of drug-likeness (QED) is 0.523. The summed E-state index contributed by atoms with van der Waals surface area (Å²) in [4.78, 5) is 25.7. The molecule has 0 unspecified atom stereocenters. The maximum Gasteiger partial charge on any atom is 0.269 e. The first kappa shape index (κ1) is 14.9. The number of nitrogens with one attached hydrogen (secondary N) is 1. The van der Waals surface area contributed by atoms with Crippen LogP contribution in [0, 0.1) is 10.1 Å². The summed E-state index contributed by atoms with van der Waals surface area (Å²) in [5, 5.41) is 13.6. The highest BCUT2D eigenvalue weighted by molar-refractivity contribution is 6.29. The van der Waals surface area contributed by atoms with E-state index in [1.807, 2.05) is 0 Å². The largest absolute Gasteiger partial charge is 0.352 e. The molecular formula is C14H12ClN3O3. The molecule has 7 heteroatoms. The van der Waals surface area contributed by atoms with Gasteiger partial charge in [0.05, 0.1) is 10.5 Å². The number of rotatable bonds is 5. The van der Waals surface area contributed by atoms with Crippen LogP contribution in [0.4, 0.5) is 5.69 Å². The second-order valence-corrected chi connectivity index (χ2v) is 4.69. The van der Waals surface area contributed by atoms with Crippen molar-refractivity contribution in [3.8, 4) is 0 Å². The third-order valence-corrected chi connectivity index (χ3v) is 3.06. The van der Waals surface area contributed by atoms with Crippen LogP contribution in [0.25, 0.3) is 0 Å². The summed E-state index contributed by atoms with van der Waals surface area (Å²) >= 11 is 5.64. The number of nitro groups is 1. The van der Waals surface area contributed by atoms with Crippen molar-refractivity contribution in [3.63, 3.8) is 0 Å². The molecule has 0 fully saturated rings. The predicted octanol–water partition coefficient (Wildman–Crippen LogP) is 2.62. The van der Waals surface area contributed by atoms with Crippen LogP contribution in [-0.4, -0.2) is 22.4 Å². The number of halogens is 1. The standard InChI is InChI=1S/C14H12ClN3O3/c15-13-6-3-11(9-17-13)14(19)16-8-7-10-1-4-12(5-2-10)18(20)21/h1-6,9H,7-8H2,(H,16,19). The highest BCUT2D eigenvalue weighted by Gasteiger charge is 2.06. The molecule has 0 aliphatic rings. The maximum absolute atomic E-state index is 11.8. The van der Waals surface area contributed by atoms with Gasteiger partial charge in [-0.25, -0.2) is 4.98 Å². The van der Waals surface area contributed by atoms with Crippen molar-refractivity contribution < 1.29 is 9.72 Å². The summed E-state index contributed by atoms with van der Waals surface area (Å²) in [6.45, 7) is 0.430. The number of hydrogen-bond acceptors (Lipinski definition) is 4. The number of pyridine rings is 1. The first-order valence-electron chi connectivity index (χ1n) is 6.19. The Morgan fingerprint density at radius 3 is 2.52 bits per heavy atom. The zero-order valence-corrected chi connectivity index (χ0v) is 11.7. The van der Waals surface area contributed by atoms with E-state index >= 15 is 0 Å². The summed E-state index contributed by atoms with van der Waals surface area (Å²) in [7, 11) is 0.